The van der Waals surface area contributed by atoms with Gasteiger partial charge in [-0.2, -0.15) is 0 Å². The molecule has 0 aromatic heterocycles. The molecule has 21 aliphatic heterocycles. The molecule has 90 heavy (non-hydrogen) atoms. The average Bonchev–Trinajstić information content (AvgIpc) is 0.797. The Balaban J connectivity index is 1.10. The van der Waals surface area contributed by atoms with E-state index in [1.165, 1.54) is 0 Å². The number of hydrogen-bond donors (Lipinski definition) is 20. The highest BCUT2D eigenvalue weighted by Gasteiger charge is 2.60. The predicted molar refractivity (Wildman–Crippen MR) is 284 cm³/mol. The molecule has 21 fully saturated rings. The Hall–Kier alpha value is -2.13. The fraction of sp³-hybridized carbons (Fsp3) is 1.00. The molecule has 21 heterocycles. The Labute approximate surface area is 513 Å². The first-order valence-corrected chi connectivity index (χ1v) is 29.6. The maximum atomic E-state index is 12.0. The van der Waals surface area contributed by atoms with Crippen LogP contribution in [0.3, 0.4) is 0 Å². The fourth-order valence-electron chi connectivity index (χ4n) is 12.4. The summed E-state index contributed by atoms with van der Waals surface area (Å²) in [5, 5.41) is 229. The maximum absolute atomic E-state index is 12.0. The third kappa shape index (κ3) is 16.0. The van der Waals surface area contributed by atoms with Gasteiger partial charge in [-0.3, -0.25) is 0 Å². The number of quaternary nitrogens is 2. The van der Waals surface area contributed by atoms with Crippen LogP contribution >= 0.6 is 0 Å². The standard InChI is InChI=1S/C51H91N5O34/c1-55(2,9-6-53-54-52)7-5-8-56(3,4)10-17-38-24(63)31(70)45(77-17)85-39-18(11-57)79-47(33(72)26(39)65)87-41-20(13-59)81-49(35(74)28(41)67)89-43-22(15-61)83-51(37(76)30(43)69)90-44-23(16-62)82-50(36(75)29(44)68)88-42-21(14-60)80-48(34(73)27(42)66)86-40-19(12-58)78-46(84-38)32(71)25(40)64/h17-51,57-76H,5-16H2,1-4H3/q+2/t17-,18-,19-,20-,21-,22-,23-,24-,25-,26-,27-,28-,29-,30-,31-,32?,33-,34-,35-,36-,37-,38-,39-,40-,41-,42-,43-,44-,45-,46-,47-,48-,49-,50-,51-/m1/s1. The van der Waals surface area contributed by atoms with E-state index in [2.05, 4.69) is 10.0 Å². The highest BCUT2D eigenvalue weighted by atomic mass is 16.8. The van der Waals surface area contributed by atoms with Crippen molar-refractivity contribution < 1.29 is 177 Å². The highest BCUT2D eigenvalue weighted by Crippen LogP contribution is 2.39. The fourth-order valence-corrected chi connectivity index (χ4v) is 12.4. The van der Waals surface area contributed by atoms with Crippen molar-refractivity contribution in [1.82, 2.24) is 0 Å². The molecule has 0 radical (unpaired) electrons. The number of rotatable bonds is 15. The van der Waals surface area contributed by atoms with E-state index in [1.807, 2.05) is 14.1 Å². The Morgan fingerprint density at radius 3 is 0.700 bits per heavy atom. The lowest BCUT2D eigenvalue weighted by Crippen LogP contribution is -2.69. The summed E-state index contributed by atoms with van der Waals surface area (Å²) in [5.41, 5.74) is 8.81. The molecule has 21 aliphatic rings. The van der Waals surface area contributed by atoms with Crippen LogP contribution < -0.4 is 0 Å². The predicted octanol–water partition coefficient (Wildman–Crippen LogP) is -13.4. The van der Waals surface area contributed by atoms with Crippen molar-refractivity contribution in [3.8, 4) is 0 Å². The molecule has 0 amide bonds. The lowest BCUT2D eigenvalue weighted by Gasteiger charge is -2.50. The van der Waals surface area contributed by atoms with Gasteiger partial charge in [0.2, 0.25) is 0 Å². The molecule has 0 aliphatic carbocycles. The van der Waals surface area contributed by atoms with Gasteiger partial charge in [-0.25, -0.2) is 0 Å². The Bertz CT molecular complexity index is 2260. The van der Waals surface area contributed by atoms with Crippen LogP contribution in [-0.2, 0) is 66.3 Å². The number of ether oxygens (including phenoxy) is 14. The molecule has 522 valence electrons. The zero-order chi connectivity index (χ0) is 66.0. The summed E-state index contributed by atoms with van der Waals surface area (Å²) in [6, 6.07) is 0. The SMILES string of the molecule is C[N+](C)(CCC[N+](C)(C)C[C@H]1O[C@@H]2O[C@H]3[C@H](O)[C@@H](O)[C@@H](O[C@H]4[C@H](O)[C@@H](O)[C@@H](O[C@H]5[C@H](O)[C@@H](O)[C@@H](O[C@H]6[C@H](O)[C@@H](O)[C@@H](O[C@H]7[C@H](O)[C@@H](O)[C@@H](O[C@H]8[C@H](O)C(O)[C@@H](O[C@H]1[C@H](O)[C@H]2O)O[C@@H]8CO)O[C@@H]7CO)O[C@@H]6CO)O[C@@H]5CO)O[C@@H]4CO)O[C@@H]3CO)CCN=[N+]=[N-]. The normalized spacial score (nSPS) is 49.4. The lowest BCUT2D eigenvalue weighted by molar-refractivity contribution is -0.910. The van der Waals surface area contributed by atoms with E-state index in [4.69, 9.17) is 71.8 Å². The van der Waals surface area contributed by atoms with Crippen molar-refractivity contribution >= 4 is 0 Å². The molecule has 21 saturated heterocycles. The molecule has 0 spiro atoms. The second-order valence-electron chi connectivity index (χ2n) is 25.0. The Morgan fingerprint density at radius 2 is 0.489 bits per heavy atom. The second kappa shape index (κ2) is 31.4. The molecule has 39 heteroatoms. The number of azide groups is 1. The lowest BCUT2D eigenvalue weighted by atomic mass is 9.94. The largest absolute Gasteiger partial charge is 0.394 e. The van der Waals surface area contributed by atoms with Gasteiger partial charge in [-0.15, -0.1) is 0 Å². The van der Waals surface area contributed by atoms with E-state index in [0.29, 0.717) is 30.5 Å². The average molecular weight is 1320 g/mol. The van der Waals surface area contributed by atoms with E-state index < -0.39 is 255 Å². The van der Waals surface area contributed by atoms with Gasteiger partial charge in [0.1, 0.15) is 177 Å². The number of hydrogen-bond acceptors (Lipinski definition) is 35. The third-order valence-corrected chi connectivity index (χ3v) is 17.7. The van der Waals surface area contributed by atoms with Crippen LogP contribution in [0.25, 0.3) is 10.4 Å². The number of aliphatic hydroxyl groups is 20. The quantitative estimate of drug-likeness (QED) is 0.0313. The monoisotopic (exact) mass is 1320 g/mol. The third-order valence-electron chi connectivity index (χ3n) is 17.7. The molecule has 0 saturated carbocycles. The van der Waals surface area contributed by atoms with Crippen molar-refractivity contribution in [3.05, 3.63) is 10.4 Å². The van der Waals surface area contributed by atoms with E-state index in [0.717, 1.165) is 0 Å². The van der Waals surface area contributed by atoms with E-state index in [1.54, 1.807) is 14.1 Å². The first kappa shape index (κ1) is 73.7. The summed E-state index contributed by atoms with van der Waals surface area (Å²) in [6.45, 7) is -4.68. The van der Waals surface area contributed by atoms with Crippen molar-refractivity contribution in [2.45, 2.75) is 221 Å². The minimum Gasteiger partial charge on any atom is -0.394 e. The van der Waals surface area contributed by atoms with Gasteiger partial charge < -0.3 is 177 Å². The molecule has 0 aromatic rings. The first-order chi connectivity index (χ1) is 42.6. The Morgan fingerprint density at radius 1 is 0.289 bits per heavy atom. The first-order valence-electron chi connectivity index (χ1n) is 29.6. The molecule has 14 bridgehead atoms. The van der Waals surface area contributed by atoms with E-state index in [9.17, 15) is 102 Å². The van der Waals surface area contributed by atoms with Crippen LogP contribution in [0.2, 0.25) is 0 Å². The Kier molecular flexibility index (Phi) is 25.7. The van der Waals surface area contributed by atoms with Crippen molar-refractivity contribution in [2.24, 2.45) is 5.11 Å². The van der Waals surface area contributed by atoms with Crippen LogP contribution in [0.1, 0.15) is 6.42 Å². The number of likely N-dealkylation sites (N-methyl/N-ethyl adjacent to an activating group) is 2. The molecular formula is C51H91N5O34+2. The van der Waals surface area contributed by atoms with Crippen LogP contribution in [-0.4, -0.2) is 427 Å². The molecule has 0 aromatic carbocycles. The zero-order valence-corrected chi connectivity index (χ0v) is 49.6. The van der Waals surface area contributed by atoms with Crippen LogP contribution in [0, 0.1) is 0 Å². The second-order valence-corrected chi connectivity index (χ2v) is 25.0. The van der Waals surface area contributed by atoms with E-state index >= 15 is 0 Å². The van der Waals surface area contributed by atoms with Crippen LogP contribution in [0.15, 0.2) is 5.11 Å². The van der Waals surface area contributed by atoms with Crippen molar-refractivity contribution in [2.75, 3.05) is 101 Å². The number of aliphatic hydroxyl groups excluding tert-OH is 20. The van der Waals surface area contributed by atoms with Gasteiger partial charge >= 0.3 is 0 Å². The summed E-state index contributed by atoms with van der Waals surface area (Å²) < 4.78 is 82.7. The van der Waals surface area contributed by atoms with Gasteiger partial charge in [-0.05, 0) is 5.53 Å². The highest BCUT2D eigenvalue weighted by molar-refractivity contribution is 5.02. The van der Waals surface area contributed by atoms with Gasteiger partial charge in [0.15, 0.2) is 44.0 Å². The summed E-state index contributed by atoms with van der Waals surface area (Å²) in [4.78, 5) is 2.81. The summed E-state index contributed by atoms with van der Waals surface area (Å²) in [6.07, 6.45) is -69.1. The molecular weight excluding hydrogens is 1230 g/mol. The topological polar surface area (TPSA) is 583 Å². The number of nitrogens with zero attached hydrogens (tertiary/aromatic N) is 5. The van der Waals surface area contributed by atoms with Gasteiger partial charge in [0.05, 0.1) is 94.0 Å². The minimum absolute atomic E-state index is 0.0659. The van der Waals surface area contributed by atoms with Gasteiger partial charge in [0.25, 0.3) is 0 Å². The zero-order valence-electron chi connectivity index (χ0n) is 49.6. The maximum Gasteiger partial charge on any atom is 0.187 e. The molecule has 35 atom stereocenters. The van der Waals surface area contributed by atoms with Crippen LogP contribution in [0.4, 0.5) is 0 Å². The minimum atomic E-state index is -2.21. The molecule has 21 rings (SSSR count). The molecule has 20 N–H and O–H groups in total. The smallest absolute Gasteiger partial charge is 0.187 e. The summed E-state index contributed by atoms with van der Waals surface area (Å²) in [7, 11) is 7.41. The summed E-state index contributed by atoms with van der Waals surface area (Å²) in [5.74, 6) is 0. The van der Waals surface area contributed by atoms with Crippen molar-refractivity contribution in [3.63, 3.8) is 0 Å². The molecule has 39 nitrogen and oxygen atoms in total. The van der Waals surface area contributed by atoms with Crippen molar-refractivity contribution in [1.29, 1.82) is 0 Å². The van der Waals surface area contributed by atoms with Gasteiger partial charge in [-0.1, -0.05) is 5.11 Å². The van der Waals surface area contributed by atoms with Gasteiger partial charge in [0, 0.05) is 11.3 Å². The van der Waals surface area contributed by atoms with E-state index in [-0.39, 0.29) is 17.6 Å². The molecule has 1 unspecified atom stereocenters. The summed E-state index contributed by atoms with van der Waals surface area (Å²) >= 11 is 0. The van der Waals surface area contributed by atoms with Crippen LogP contribution in [0.5, 0.6) is 0 Å².